The van der Waals surface area contributed by atoms with Crippen LogP contribution >= 0.6 is 23.6 Å². The summed E-state index contributed by atoms with van der Waals surface area (Å²) in [5.41, 5.74) is 6.87. The molecule has 1 aromatic rings. The normalized spacial score (nSPS) is 16.9. The van der Waals surface area contributed by atoms with Crippen LogP contribution in [0.1, 0.15) is 56.0 Å². The molecule has 1 aromatic heterocycles. The second-order valence-corrected chi connectivity index (χ2v) is 6.55. The lowest BCUT2D eigenvalue weighted by molar-refractivity contribution is 0.726. The molecule has 2 rings (SSSR count). The SMILES string of the molecule is CC(C)c1nc(N2CCCCCC2)sc1C(N)=S. The van der Waals surface area contributed by atoms with Gasteiger partial charge >= 0.3 is 0 Å². The molecule has 0 bridgehead atoms. The zero-order valence-electron chi connectivity index (χ0n) is 11.1. The Morgan fingerprint density at radius 2 is 1.89 bits per heavy atom. The second-order valence-electron chi connectivity index (χ2n) is 5.13. The quantitative estimate of drug-likeness (QED) is 0.865. The Morgan fingerprint density at radius 3 is 2.33 bits per heavy atom. The van der Waals surface area contributed by atoms with E-state index in [4.69, 9.17) is 22.9 Å². The number of hydrogen-bond acceptors (Lipinski definition) is 4. The molecule has 3 nitrogen and oxygen atoms in total. The van der Waals surface area contributed by atoms with Gasteiger partial charge in [-0.1, -0.05) is 50.2 Å². The van der Waals surface area contributed by atoms with Crippen LogP contribution in [0.5, 0.6) is 0 Å². The molecule has 0 saturated carbocycles. The lowest BCUT2D eigenvalue weighted by atomic mass is 10.1. The van der Waals surface area contributed by atoms with Crippen LogP contribution < -0.4 is 10.6 Å². The van der Waals surface area contributed by atoms with Gasteiger partial charge in [0.15, 0.2) is 5.13 Å². The summed E-state index contributed by atoms with van der Waals surface area (Å²) in [5, 5.41) is 1.10. The smallest absolute Gasteiger partial charge is 0.186 e. The van der Waals surface area contributed by atoms with Crippen molar-refractivity contribution in [3.63, 3.8) is 0 Å². The number of anilines is 1. The van der Waals surface area contributed by atoms with E-state index in [2.05, 4.69) is 18.7 Å². The monoisotopic (exact) mass is 283 g/mol. The fraction of sp³-hybridized carbons (Fsp3) is 0.692. The van der Waals surface area contributed by atoms with E-state index in [1.807, 2.05) is 0 Å². The van der Waals surface area contributed by atoms with E-state index in [1.165, 1.54) is 25.7 Å². The van der Waals surface area contributed by atoms with Crippen LogP contribution in [0.3, 0.4) is 0 Å². The molecule has 0 radical (unpaired) electrons. The third-order valence-electron chi connectivity index (χ3n) is 3.29. The van der Waals surface area contributed by atoms with Crippen LogP contribution in [0.2, 0.25) is 0 Å². The van der Waals surface area contributed by atoms with E-state index >= 15 is 0 Å². The molecule has 18 heavy (non-hydrogen) atoms. The minimum Gasteiger partial charge on any atom is -0.389 e. The van der Waals surface area contributed by atoms with Gasteiger partial charge in [-0.2, -0.15) is 0 Å². The van der Waals surface area contributed by atoms with Gasteiger partial charge in [0.25, 0.3) is 0 Å². The molecular formula is C13H21N3S2. The first-order valence-electron chi connectivity index (χ1n) is 6.65. The summed E-state index contributed by atoms with van der Waals surface area (Å²) in [6.07, 6.45) is 5.19. The fourth-order valence-electron chi connectivity index (χ4n) is 2.29. The molecule has 0 amide bonds. The fourth-order valence-corrected chi connectivity index (χ4v) is 3.64. The molecule has 1 aliphatic heterocycles. The molecule has 100 valence electrons. The van der Waals surface area contributed by atoms with Gasteiger partial charge in [-0.25, -0.2) is 4.98 Å². The average Bonchev–Trinajstić information content (AvgIpc) is 2.59. The Hall–Kier alpha value is -0.680. The summed E-state index contributed by atoms with van der Waals surface area (Å²) in [6, 6.07) is 0. The maximum absolute atomic E-state index is 5.81. The van der Waals surface area contributed by atoms with Crippen LogP contribution in [-0.2, 0) is 0 Å². The van der Waals surface area contributed by atoms with Crippen molar-refractivity contribution < 1.29 is 0 Å². The van der Waals surface area contributed by atoms with Crippen molar-refractivity contribution in [1.29, 1.82) is 0 Å². The highest BCUT2D eigenvalue weighted by atomic mass is 32.1. The predicted molar refractivity (Wildman–Crippen MR) is 82.8 cm³/mol. The van der Waals surface area contributed by atoms with Gasteiger partial charge in [0.1, 0.15) is 4.99 Å². The Balaban J connectivity index is 2.27. The first kappa shape index (κ1) is 13.7. The first-order chi connectivity index (χ1) is 8.59. The molecule has 0 aromatic carbocycles. The minimum atomic E-state index is 0.374. The van der Waals surface area contributed by atoms with Crippen molar-refractivity contribution >= 4 is 33.7 Å². The van der Waals surface area contributed by atoms with Crippen molar-refractivity contribution in [2.24, 2.45) is 5.73 Å². The zero-order valence-corrected chi connectivity index (χ0v) is 12.7. The van der Waals surface area contributed by atoms with Crippen molar-refractivity contribution in [3.05, 3.63) is 10.6 Å². The van der Waals surface area contributed by atoms with Gasteiger partial charge in [-0.15, -0.1) is 0 Å². The third kappa shape index (κ3) is 3.01. The third-order valence-corrected chi connectivity index (χ3v) is 4.79. The highest BCUT2D eigenvalue weighted by Gasteiger charge is 2.20. The van der Waals surface area contributed by atoms with Crippen LogP contribution in [0.25, 0.3) is 0 Å². The first-order valence-corrected chi connectivity index (χ1v) is 7.87. The molecule has 1 aliphatic rings. The topological polar surface area (TPSA) is 42.2 Å². The van der Waals surface area contributed by atoms with E-state index < -0.39 is 0 Å². The maximum atomic E-state index is 5.81. The molecular weight excluding hydrogens is 262 g/mol. The van der Waals surface area contributed by atoms with Crippen molar-refractivity contribution in [2.75, 3.05) is 18.0 Å². The molecule has 2 heterocycles. The van der Waals surface area contributed by atoms with Crippen molar-refractivity contribution in [2.45, 2.75) is 45.4 Å². The van der Waals surface area contributed by atoms with Gasteiger partial charge < -0.3 is 10.6 Å². The summed E-state index contributed by atoms with van der Waals surface area (Å²) in [7, 11) is 0. The number of thiazole rings is 1. The molecule has 0 unspecified atom stereocenters. The highest BCUT2D eigenvalue weighted by molar-refractivity contribution is 7.81. The van der Waals surface area contributed by atoms with Crippen LogP contribution in [0, 0.1) is 0 Å². The molecule has 2 N–H and O–H groups in total. The number of nitrogens with two attached hydrogens (primary N) is 1. The summed E-state index contributed by atoms with van der Waals surface area (Å²) >= 11 is 6.80. The Kier molecular flexibility index (Phi) is 4.56. The highest BCUT2D eigenvalue weighted by Crippen LogP contribution is 2.31. The molecule has 1 fully saturated rings. The summed E-state index contributed by atoms with van der Waals surface area (Å²) in [5.74, 6) is 0.374. The molecule has 0 spiro atoms. The van der Waals surface area contributed by atoms with Crippen molar-refractivity contribution in [3.8, 4) is 0 Å². The Labute approximate surface area is 118 Å². The Bertz CT molecular complexity index is 418. The summed E-state index contributed by atoms with van der Waals surface area (Å²) in [4.78, 5) is 8.65. The lowest BCUT2D eigenvalue weighted by Crippen LogP contribution is -2.23. The van der Waals surface area contributed by atoms with Crippen LogP contribution in [0.15, 0.2) is 0 Å². The van der Waals surface area contributed by atoms with E-state index in [0.717, 1.165) is 28.8 Å². The van der Waals surface area contributed by atoms with Gasteiger partial charge in [-0.3, -0.25) is 0 Å². The van der Waals surface area contributed by atoms with Crippen molar-refractivity contribution in [1.82, 2.24) is 4.98 Å². The average molecular weight is 283 g/mol. The molecule has 1 saturated heterocycles. The number of thiocarbonyl (C=S) groups is 1. The number of rotatable bonds is 3. The van der Waals surface area contributed by atoms with E-state index in [-0.39, 0.29) is 0 Å². The minimum absolute atomic E-state index is 0.374. The van der Waals surface area contributed by atoms with Crippen LogP contribution in [0.4, 0.5) is 5.13 Å². The standard InChI is InChI=1S/C13H21N3S2/c1-9(2)10-11(12(14)17)18-13(15-10)16-7-5-3-4-6-8-16/h9H,3-8H2,1-2H3,(H2,14,17). The van der Waals surface area contributed by atoms with Gasteiger partial charge in [-0.05, 0) is 18.8 Å². The van der Waals surface area contributed by atoms with E-state index in [1.54, 1.807) is 11.3 Å². The lowest BCUT2D eigenvalue weighted by Gasteiger charge is -2.18. The molecule has 5 heteroatoms. The van der Waals surface area contributed by atoms with E-state index in [0.29, 0.717) is 10.9 Å². The van der Waals surface area contributed by atoms with Gasteiger partial charge in [0.05, 0.1) is 10.6 Å². The van der Waals surface area contributed by atoms with E-state index in [9.17, 15) is 0 Å². The van der Waals surface area contributed by atoms with Gasteiger partial charge in [0, 0.05) is 13.1 Å². The number of hydrogen-bond donors (Lipinski definition) is 1. The van der Waals surface area contributed by atoms with Crippen LogP contribution in [-0.4, -0.2) is 23.1 Å². The zero-order chi connectivity index (χ0) is 13.1. The maximum Gasteiger partial charge on any atom is 0.186 e. The number of aromatic nitrogens is 1. The Morgan fingerprint density at radius 1 is 1.28 bits per heavy atom. The second kappa shape index (κ2) is 5.97. The molecule has 0 aliphatic carbocycles. The predicted octanol–water partition coefficient (Wildman–Crippen LogP) is 3.28. The summed E-state index contributed by atoms with van der Waals surface area (Å²) < 4.78 is 0. The number of nitrogens with zero attached hydrogens (tertiary/aromatic N) is 2. The summed E-state index contributed by atoms with van der Waals surface area (Å²) in [6.45, 7) is 6.51. The van der Waals surface area contributed by atoms with Gasteiger partial charge in [0.2, 0.25) is 0 Å². The largest absolute Gasteiger partial charge is 0.389 e. The molecule has 0 atom stereocenters.